The molecule has 3 rings (SSSR count). The van der Waals surface area contributed by atoms with Crippen molar-refractivity contribution < 1.29 is 19.7 Å². The van der Waals surface area contributed by atoms with Crippen LogP contribution in [0.2, 0.25) is 0 Å². The molecule has 1 heterocycles. The summed E-state index contributed by atoms with van der Waals surface area (Å²) in [7, 11) is 0. The molecule has 0 fully saturated rings. The predicted molar refractivity (Wildman–Crippen MR) is 79.0 cm³/mol. The molecule has 1 aliphatic heterocycles. The molecule has 0 saturated heterocycles. The van der Waals surface area contributed by atoms with Crippen LogP contribution in [-0.2, 0) is 18.0 Å². The van der Waals surface area contributed by atoms with Crippen LogP contribution >= 0.6 is 0 Å². The second-order valence-electron chi connectivity index (χ2n) is 5.56. The lowest BCUT2D eigenvalue weighted by Gasteiger charge is -2.34. The summed E-state index contributed by atoms with van der Waals surface area (Å²) in [5, 5.41) is 19.6. The molecule has 0 radical (unpaired) electrons. The summed E-state index contributed by atoms with van der Waals surface area (Å²) in [6.07, 6.45) is 0. The first-order valence-corrected chi connectivity index (χ1v) is 6.89. The lowest BCUT2D eigenvalue weighted by molar-refractivity contribution is -0.179. The SMILES string of the molecule is CC1(C)OCc2cccc(-c3cccc(CO)c3O)c2O1. The van der Waals surface area contributed by atoms with Crippen molar-refractivity contribution in [1.29, 1.82) is 0 Å². The van der Waals surface area contributed by atoms with E-state index in [0.717, 1.165) is 16.9 Å². The van der Waals surface area contributed by atoms with Crippen LogP contribution in [-0.4, -0.2) is 16.0 Å². The Kier molecular flexibility index (Phi) is 3.35. The van der Waals surface area contributed by atoms with Gasteiger partial charge < -0.3 is 19.7 Å². The van der Waals surface area contributed by atoms with Gasteiger partial charge in [0, 0.05) is 36.1 Å². The Morgan fingerprint density at radius 1 is 1.10 bits per heavy atom. The van der Waals surface area contributed by atoms with E-state index in [-0.39, 0.29) is 12.4 Å². The third-order valence-electron chi connectivity index (χ3n) is 3.60. The molecule has 0 spiro atoms. The maximum atomic E-state index is 10.3. The summed E-state index contributed by atoms with van der Waals surface area (Å²) in [5.41, 5.74) is 2.89. The van der Waals surface area contributed by atoms with Gasteiger partial charge in [0.1, 0.15) is 11.5 Å². The molecule has 2 aromatic rings. The third kappa shape index (κ3) is 2.48. The van der Waals surface area contributed by atoms with Crippen LogP contribution in [0.3, 0.4) is 0 Å². The molecule has 110 valence electrons. The number of rotatable bonds is 2. The molecule has 0 amide bonds. The highest BCUT2D eigenvalue weighted by Gasteiger charge is 2.29. The smallest absolute Gasteiger partial charge is 0.205 e. The Labute approximate surface area is 123 Å². The molecule has 0 bridgehead atoms. The zero-order valence-electron chi connectivity index (χ0n) is 12.1. The molecule has 0 atom stereocenters. The van der Waals surface area contributed by atoms with Gasteiger partial charge in [-0.25, -0.2) is 0 Å². The first kappa shape index (κ1) is 13.9. The highest BCUT2D eigenvalue weighted by Crippen LogP contribution is 2.43. The molecule has 2 N–H and O–H groups in total. The van der Waals surface area contributed by atoms with Gasteiger partial charge in [0.2, 0.25) is 5.79 Å². The van der Waals surface area contributed by atoms with Crippen molar-refractivity contribution in [3.63, 3.8) is 0 Å². The third-order valence-corrected chi connectivity index (χ3v) is 3.60. The van der Waals surface area contributed by atoms with Gasteiger partial charge in [-0.2, -0.15) is 0 Å². The minimum atomic E-state index is -0.701. The lowest BCUT2D eigenvalue weighted by atomic mass is 9.98. The molecule has 21 heavy (non-hydrogen) atoms. The Hall–Kier alpha value is -2.04. The number of para-hydroxylation sites is 2. The molecule has 4 nitrogen and oxygen atoms in total. The fourth-order valence-corrected chi connectivity index (χ4v) is 2.49. The van der Waals surface area contributed by atoms with E-state index in [1.165, 1.54) is 0 Å². The normalized spacial score (nSPS) is 16.1. The molecule has 0 saturated carbocycles. The van der Waals surface area contributed by atoms with Crippen molar-refractivity contribution in [3.05, 3.63) is 47.5 Å². The number of hydrogen-bond donors (Lipinski definition) is 2. The molecule has 0 unspecified atom stereocenters. The van der Waals surface area contributed by atoms with Crippen LogP contribution in [0.5, 0.6) is 11.5 Å². The lowest BCUT2D eigenvalue weighted by Crippen LogP contribution is -2.35. The number of ether oxygens (including phenoxy) is 2. The van der Waals surface area contributed by atoms with Crippen molar-refractivity contribution in [2.45, 2.75) is 32.8 Å². The van der Waals surface area contributed by atoms with E-state index in [1.807, 2.05) is 44.2 Å². The van der Waals surface area contributed by atoms with Crippen LogP contribution in [0.4, 0.5) is 0 Å². The van der Waals surface area contributed by atoms with E-state index in [2.05, 4.69) is 0 Å². The van der Waals surface area contributed by atoms with E-state index in [1.54, 1.807) is 6.07 Å². The van der Waals surface area contributed by atoms with Crippen molar-refractivity contribution in [1.82, 2.24) is 0 Å². The number of fused-ring (bicyclic) bond motifs is 1. The van der Waals surface area contributed by atoms with Crippen molar-refractivity contribution >= 4 is 0 Å². The number of benzene rings is 2. The van der Waals surface area contributed by atoms with E-state index < -0.39 is 5.79 Å². The number of aromatic hydroxyl groups is 1. The Morgan fingerprint density at radius 3 is 2.57 bits per heavy atom. The maximum absolute atomic E-state index is 10.3. The van der Waals surface area contributed by atoms with Crippen LogP contribution in [0.25, 0.3) is 11.1 Å². The number of aliphatic hydroxyl groups excluding tert-OH is 1. The van der Waals surface area contributed by atoms with E-state index in [9.17, 15) is 10.2 Å². The van der Waals surface area contributed by atoms with Gasteiger partial charge >= 0.3 is 0 Å². The van der Waals surface area contributed by atoms with Crippen LogP contribution < -0.4 is 4.74 Å². The zero-order valence-corrected chi connectivity index (χ0v) is 12.1. The Morgan fingerprint density at radius 2 is 1.81 bits per heavy atom. The first-order valence-electron chi connectivity index (χ1n) is 6.89. The van der Waals surface area contributed by atoms with Crippen LogP contribution in [0.15, 0.2) is 36.4 Å². The highest BCUT2D eigenvalue weighted by atomic mass is 16.7. The van der Waals surface area contributed by atoms with Gasteiger partial charge in [-0.05, 0) is 0 Å². The summed E-state index contributed by atoms with van der Waals surface area (Å²) in [6.45, 7) is 3.98. The number of phenols is 1. The topological polar surface area (TPSA) is 58.9 Å². The maximum Gasteiger partial charge on any atom is 0.205 e. The number of hydrogen-bond acceptors (Lipinski definition) is 4. The summed E-state index contributed by atoms with van der Waals surface area (Å²) >= 11 is 0. The van der Waals surface area contributed by atoms with Gasteiger partial charge in [-0.15, -0.1) is 0 Å². The fourth-order valence-electron chi connectivity index (χ4n) is 2.49. The minimum absolute atomic E-state index is 0.0845. The molecular weight excluding hydrogens is 268 g/mol. The molecule has 4 heteroatoms. The van der Waals surface area contributed by atoms with E-state index in [4.69, 9.17) is 9.47 Å². The summed E-state index contributed by atoms with van der Waals surface area (Å²) in [6, 6.07) is 11.1. The average Bonchev–Trinajstić information content (AvgIpc) is 2.46. The fraction of sp³-hybridized carbons (Fsp3) is 0.294. The van der Waals surface area contributed by atoms with Gasteiger partial charge in [-0.3, -0.25) is 0 Å². The first-order chi connectivity index (χ1) is 10.0. The Balaban J connectivity index is 2.17. The van der Waals surface area contributed by atoms with E-state index in [0.29, 0.717) is 17.7 Å². The van der Waals surface area contributed by atoms with Crippen LogP contribution in [0, 0.1) is 0 Å². The van der Waals surface area contributed by atoms with E-state index >= 15 is 0 Å². The molecule has 0 aliphatic carbocycles. The average molecular weight is 286 g/mol. The highest BCUT2D eigenvalue weighted by molar-refractivity contribution is 5.78. The van der Waals surface area contributed by atoms with Crippen molar-refractivity contribution in [3.8, 4) is 22.6 Å². The van der Waals surface area contributed by atoms with Crippen molar-refractivity contribution in [2.24, 2.45) is 0 Å². The molecule has 2 aromatic carbocycles. The predicted octanol–water partition coefficient (Wildman–Crippen LogP) is 3.20. The van der Waals surface area contributed by atoms with Gasteiger partial charge in [0.25, 0.3) is 0 Å². The molecule has 0 aromatic heterocycles. The largest absolute Gasteiger partial charge is 0.507 e. The zero-order chi connectivity index (χ0) is 15.0. The standard InChI is InChI=1S/C17H18O4/c1-17(2)20-10-12-6-4-8-14(16(12)21-17)13-7-3-5-11(9-18)15(13)19/h3-8,18-19H,9-10H2,1-2H3. The quantitative estimate of drug-likeness (QED) is 0.890. The van der Waals surface area contributed by atoms with Gasteiger partial charge in [-0.1, -0.05) is 36.4 Å². The monoisotopic (exact) mass is 286 g/mol. The number of aliphatic hydroxyl groups is 1. The Bertz CT molecular complexity index is 676. The van der Waals surface area contributed by atoms with Gasteiger partial charge in [0.05, 0.1) is 13.2 Å². The van der Waals surface area contributed by atoms with Crippen molar-refractivity contribution in [2.75, 3.05) is 0 Å². The second kappa shape index (κ2) is 5.06. The summed E-state index contributed by atoms with van der Waals surface area (Å²) < 4.78 is 11.6. The summed E-state index contributed by atoms with van der Waals surface area (Å²) in [5.74, 6) is 0.105. The minimum Gasteiger partial charge on any atom is -0.507 e. The second-order valence-corrected chi connectivity index (χ2v) is 5.56. The van der Waals surface area contributed by atoms with Crippen LogP contribution in [0.1, 0.15) is 25.0 Å². The summed E-state index contributed by atoms with van der Waals surface area (Å²) in [4.78, 5) is 0. The molecular formula is C17H18O4. The van der Waals surface area contributed by atoms with Gasteiger partial charge in [0.15, 0.2) is 0 Å². The molecule has 1 aliphatic rings.